The van der Waals surface area contributed by atoms with Gasteiger partial charge in [0.05, 0.1) is 11.9 Å². The van der Waals surface area contributed by atoms with Crippen LogP contribution in [0.4, 0.5) is 5.69 Å². The zero-order valence-electron chi connectivity index (χ0n) is 16.8. The van der Waals surface area contributed by atoms with Crippen LogP contribution in [0.15, 0.2) is 41.7 Å². The zero-order chi connectivity index (χ0) is 19.9. The van der Waals surface area contributed by atoms with E-state index in [-0.39, 0.29) is 29.9 Å². The molecule has 1 aliphatic rings. The zero-order valence-corrected chi connectivity index (χ0v) is 19.9. The minimum atomic E-state index is 0. The fourth-order valence-corrected chi connectivity index (χ4v) is 3.35. The first-order valence-electron chi connectivity index (χ1n) is 9.63. The van der Waals surface area contributed by atoms with Gasteiger partial charge in [0, 0.05) is 44.4 Å². The lowest BCUT2D eigenvalue weighted by molar-refractivity contribution is -0.120. The SMILES string of the molecule is CCNC(=NCCCc1ccc(Cl)cc1)N1CCN(c2cnn(C)c2)C(=O)C1.I. The lowest BCUT2D eigenvalue weighted by atomic mass is 10.1. The van der Waals surface area contributed by atoms with Crippen molar-refractivity contribution in [1.29, 1.82) is 0 Å². The van der Waals surface area contributed by atoms with Crippen LogP contribution in [0.2, 0.25) is 5.02 Å². The van der Waals surface area contributed by atoms with Gasteiger partial charge in [-0.2, -0.15) is 5.10 Å². The number of aryl methyl sites for hydroxylation is 2. The number of aromatic nitrogens is 2. The van der Waals surface area contributed by atoms with E-state index in [4.69, 9.17) is 16.6 Å². The van der Waals surface area contributed by atoms with Crippen molar-refractivity contribution >= 4 is 53.1 Å². The highest BCUT2D eigenvalue weighted by Gasteiger charge is 2.27. The van der Waals surface area contributed by atoms with Crippen molar-refractivity contribution < 1.29 is 4.79 Å². The molecule has 1 fully saturated rings. The van der Waals surface area contributed by atoms with Crippen molar-refractivity contribution in [2.75, 3.05) is 37.6 Å². The summed E-state index contributed by atoms with van der Waals surface area (Å²) in [4.78, 5) is 21.2. The number of guanidine groups is 1. The molecule has 1 aromatic heterocycles. The van der Waals surface area contributed by atoms with Gasteiger partial charge in [0.2, 0.25) is 5.91 Å². The highest BCUT2D eigenvalue weighted by Crippen LogP contribution is 2.16. The molecule has 0 saturated carbocycles. The summed E-state index contributed by atoms with van der Waals surface area (Å²) in [5.74, 6) is 0.865. The van der Waals surface area contributed by atoms with E-state index in [2.05, 4.69) is 10.4 Å². The number of nitrogens with zero attached hydrogens (tertiary/aromatic N) is 5. The monoisotopic (exact) mass is 530 g/mol. The van der Waals surface area contributed by atoms with Gasteiger partial charge in [0.25, 0.3) is 0 Å². The maximum absolute atomic E-state index is 12.6. The Balaban J connectivity index is 0.00000300. The van der Waals surface area contributed by atoms with Gasteiger partial charge < -0.3 is 15.1 Å². The Morgan fingerprint density at radius 1 is 1.28 bits per heavy atom. The molecule has 158 valence electrons. The minimum absolute atomic E-state index is 0. The Bertz CT molecular complexity index is 823. The van der Waals surface area contributed by atoms with Crippen LogP contribution in [-0.4, -0.2) is 59.3 Å². The number of aliphatic imine (C=N–C) groups is 1. The number of amides is 1. The number of benzene rings is 1. The van der Waals surface area contributed by atoms with E-state index in [9.17, 15) is 4.79 Å². The summed E-state index contributed by atoms with van der Waals surface area (Å²) >= 11 is 5.93. The first kappa shape index (κ1) is 23.5. The van der Waals surface area contributed by atoms with Gasteiger partial charge in [-0.25, -0.2) is 0 Å². The molecule has 0 bridgehead atoms. The molecule has 0 spiro atoms. The molecule has 1 aliphatic heterocycles. The van der Waals surface area contributed by atoms with E-state index < -0.39 is 0 Å². The van der Waals surface area contributed by atoms with Crippen LogP contribution in [0.1, 0.15) is 18.9 Å². The Kier molecular flexibility index (Phi) is 9.22. The first-order chi connectivity index (χ1) is 13.6. The largest absolute Gasteiger partial charge is 0.357 e. The lowest BCUT2D eigenvalue weighted by Gasteiger charge is -2.35. The third-order valence-electron chi connectivity index (χ3n) is 4.66. The van der Waals surface area contributed by atoms with Crippen LogP contribution in [0.25, 0.3) is 0 Å². The van der Waals surface area contributed by atoms with Gasteiger partial charge in [-0.15, -0.1) is 24.0 Å². The van der Waals surface area contributed by atoms with Crippen LogP contribution >= 0.6 is 35.6 Å². The molecule has 3 rings (SSSR count). The summed E-state index contributed by atoms with van der Waals surface area (Å²) in [5, 5.41) is 8.22. The fourth-order valence-electron chi connectivity index (χ4n) is 3.22. The van der Waals surface area contributed by atoms with Gasteiger partial charge in [0.15, 0.2) is 5.96 Å². The summed E-state index contributed by atoms with van der Waals surface area (Å²) in [7, 11) is 1.85. The number of anilines is 1. The van der Waals surface area contributed by atoms with E-state index in [0.29, 0.717) is 19.6 Å². The summed E-state index contributed by atoms with van der Waals surface area (Å²) < 4.78 is 1.71. The standard InChI is InChI=1S/C20H27ClN6O.HI/c1-3-22-20(23-10-4-5-16-6-8-17(21)9-7-16)26-11-12-27(19(28)15-26)18-13-24-25(2)14-18;/h6-9,13-14H,3-5,10-12,15H2,1-2H3,(H,22,23);1H. The van der Waals surface area contributed by atoms with E-state index in [1.54, 1.807) is 15.8 Å². The third kappa shape index (κ3) is 6.60. The molecule has 0 radical (unpaired) electrons. The second-order valence-corrected chi connectivity index (χ2v) is 7.24. The van der Waals surface area contributed by atoms with Crippen molar-refractivity contribution in [1.82, 2.24) is 20.0 Å². The molecule has 0 unspecified atom stereocenters. The fraction of sp³-hybridized carbons (Fsp3) is 0.450. The van der Waals surface area contributed by atoms with Gasteiger partial charge in [-0.1, -0.05) is 23.7 Å². The number of halogens is 2. The average Bonchev–Trinajstić information content (AvgIpc) is 3.11. The molecule has 7 nitrogen and oxygen atoms in total. The van der Waals surface area contributed by atoms with Gasteiger partial charge in [0.1, 0.15) is 6.54 Å². The lowest BCUT2D eigenvalue weighted by Crippen LogP contribution is -2.55. The molecule has 2 aromatic rings. The summed E-state index contributed by atoms with van der Waals surface area (Å²) in [6.07, 6.45) is 5.49. The van der Waals surface area contributed by atoms with Crippen molar-refractivity contribution in [3.63, 3.8) is 0 Å². The summed E-state index contributed by atoms with van der Waals surface area (Å²) in [6.45, 7) is 5.20. The first-order valence-corrected chi connectivity index (χ1v) is 10.0. The Morgan fingerprint density at radius 3 is 2.66 bits per heavy atom. The topological polar surface area (TPSA) is 65.8 Å². The average molecular weight is 531 g/mol. The van der Waals surface area contributed by atoms with Gasteiger partial charge in [-0.3, -0.25) is 14.5 Å². The van der Waals surface area contributed by atoms with Crippen molar-refractivity contribution in [3.05, 3.63) is 47.2 Å². The third-order valence-corrected chi connectivity index (χ3v) is 4.91. The molecule has 1 N–H and O–H groups in total. The maximum atomic E-state index is 12.6. The number of hydrogen-bond acceptors (Lipinski definition) is 3. The van der Waals surface area contributed by atoms with Crippen LogP contribution in [0, 0.1) is 0 Å². The molecular weight excluding hydrogens is 503 g/mol. The second kappa shape index (κ2) is 11.4. The van der Waals surface area contributed by atoms with Crippen LogP contribution < -0.4 is 10.2 Å². The maximum Gasteiger partial charge on any atom is 0.246 e. The Labute approximate surface area is 194 Å². The van der Waals surface area contributed by atoms with Crippen LogP contribution in [-0.2, 0) is 18.3 Å². The Hall–Kier alpha value is -1.81. The Morgan fingerprint density at radius 2 is 2.03 bits per heavy atom. The molecule has 1 amide bonds. The molecule has 1 aromatic carbocycles. The molecule has 1 saturated heterocycles. The predicted octanol–water partition coefficient (Wildman–Crippen LogP) is 2.94. The smallest absolute Gasteiger partial charge is 0.246 e. The minimum Gasteiger partial charge on any atom is -0.357 e. The van der Waals surface area contributed by atoms with E-state index in [0.717, 1.165) is 42.6 Å². The molecule has 2 heterocycles. The quantitative estimate of drug-likeness (QED) is 0.270. The summed E-state index contributed by atoms with van der Waals surface area (Å²) in [5.41, 5.74) is 2.10. The number of hydrogen-bond donors (Lipinski definition) is 1. The van der Waals surface area contributed by atoms with Crippen LogP contribution in [0.3, 0.4) is 0 Å². The number of rotatable bonds is 6. The second-order valence-electron chi connectivity index (χ2n) is 6.80. The molecule has 29 heavy (non-hydrogen) atoms. The van der Waals surface area contributed by atoms with E-state index in [1.165, 1.54) is 5.56 Å². The number of nitrogens with one attached hydrogen (secondary N) is 1. The van der Waals surface area contributed by atoms with Crippen molar-refractivity contribution in [2.45, 2.75) is 19.8 Å². The summed E-state index contributed by atoms with van der Waals surface area (Å²) in [6, 6.07) is 7.93. The van der Waals surface area contributed by atoms with Gasteiger partial charge >= 0.3 is 0 Å². The van der Waals surface area contributed by atoms with E-state index >= 15 is 0 Å². The number of carbonyl (C=O) groups is 1. The molecule has 9 heteroatoms. The van der Waals surface area contributed by atoms with Crippen molar-refractivity contribution in [2.24, 2.45) is 12.0 Å². The predicted molar refractivity (Wildman–Crippen MR) is 128 cm³/mol. The van der Waals surface area contributed by atoms with Crippen LogP contribution in [0.5, 0.6) is 0 Å². The van der Waals surface area contributed by atoms with Gasteiger partial charge in [-0.05, 0) is 37.5 Å². The van der Waals surface area contributed by atoms with E-state index in [1.807, 2.05) is 49.3 Å². The molecular formula is C20H28ClIN6O. The number of carbonyl (C=O) groups excluding carboxylic acids is 1. The van der Waals surface area contributed by atoms with Crippen molar-refractivity contribution in [3.8, 4) is 0 Å². The number of piperazine rings is 1. The molecule has 0 atom stereocenters. The highest BCUT2D eigenvalue weighted by molar-refractivity contribution is 14.0. The highest BCUT2D eigenvalue weighted by atomic mass is 127. The molecule has 0 aliphatic carbocycles. The normalized spacial score (nSPS) is 14.7.